The van der Waals surface area contributed by atoms with Crippen LogP contribution in [0.25, 0.3) is 11.1 Å². The summed E-state index contributed by atoms with van der Waals surface area (Å²) in [7, 11) is 0. The zero-order valence-corrected chi connectivity index (χ0v) is 10.8. The number of benzene rings is 1. The molecule has 1 saturated heterocycles. The van der Waals surface area contributed by atoms with Gasteiger partial charge in [0.05, 0.1) is 5.92 Å². The molecule has 0 N–H and O–H groups in total. The summed E-state index contributed by atoms with van der Waals surface area (Å²) in [6.07, 6.45) is 0.903. The molecule has 0 saturated carbocycles. The smallest absolute Gasteiger partial charge is 0.219 e. The molecule has 0 bridgehead atoms. The van der Waals surface area contributed by atoms with Gasteiger partial charge in [0.25, 0.3) is 0 Å². The van der Waals surface area contributed by atoms with E-state index in [4.69, 9.17) is 16.0 Å². The van der Waals surface area contributed by atoms with E-state index in [9.17, 15) is 4.79 Å². The van der Waals surface area contributed by atoms with E-state index in [-0.39, 0.29) is 11.8 Å². The molecule has 1 fully saturated rings. The summed E-state index contributed by atoms with van der Waals surface area (Å²) in [5.41, 5.74) is 1.52. The van der Waals surface area contributed by atoms with Crippen molar-refractivity contribution in [3.63, 3.8) is 0 Å². The lowest BCUT2D eigenvalue weighted by Gasteiger charge is -2.12. The quantitative estimate of drug-likeness (QED) is 0.796. The lowest BCUT2D eigenvalue weighted by atomic mass is 10.1. The van der Waals surface area contributed by atoms with Gasteiger partial charge >= 0.3 is 0 Å². The van der Waals surface area contributed by atoms with Crippen LogP contribution >= 0.6 is 11.6 Å². The van der Waals surface area contributed by atoms with Crippen molar-refractivity contribution in [2.75, 3.05) is 13.1 Å². The average molecular weight is 265 g/mol. The lowest BCUT2D eigenvalue weighted by molar-refractivity contribution is -0.127. The average Bonchev–Trinajstić information content (AvgIpc) is 2.93. The summed E-state index contributed by atoms with van der Waals surface area (Å²) >= 11 is 5.92. The van der Waals surface area contributed by atoms with Crippen molar-refractivity contribution in [3.8, 4) is 0 Å². The second-order valence-corrected chi connectivity index (χ2v) is 5.05. The topological polar surface area (TPSA) is 46.3 Å². The Morgan fingerprint density at radius 3 is 3.11 bits per heavy atom. The Labute approximate surface area is 110 Å². The molecular weight excluding hydrogens is 252 g/mol. The fraction of sp³-hybridized carbons (Fsp3) is 0.385. The Balaban J connectivity index is 1.89. The minimum atomic E-state index is 0.108. The summed E-state index contributed by atoms with van der Waals surface area (Å²) in [5.74, 6) is 1.01. The number of fused-ring (bicyclic) bond motifs is 1. The number of carbonyl (C=O) groups is 1. The molecule has 1 unspecified atom stereocenters. The van der Waals surface area contributed by atoms with E-state index in [0.29, 0.717) is 17.5 Å². The first-order valence-electron chi connectivity index (χ1n) is 5.95. The second kappa shape index (κ2) is 4.28. The SMILES string of the molecule is CC(=O)N1CCC(c2nc3cc(Cl)ccc3o2)C1. The minimum absolute atomic E-state index is 0.108. The molecule has 0 radical (unpaired) electrons. The Morgan fingerprint density at radius 2 is 2.39 bits per heavy atom. The highest BCUT2D eigenvalue weighted by Gasteiger charge is 2.29. The second-order valence-electron chi connectivity index (χ2n) is 4.61. The van der Waals surface area contributed by atoms with Crippen LogP contribution in [0.5, 0.6) is 0 Å². The van der Waals surface area contributed by atoms with Gasteiger partial charge in [0.15, 0.2) is 11.5 Å². The predicted molar refractivity (Wildman–Crippen MR) is 68.6 cm³/mol. The van der Waals surface area contributed by atoms with Gasteiger partial charge in [0.1, 0.15) is 5.52 Å². The molecule has 0 aliphatic carbocycles. The van der Waals surface area contributed by atoms with Crippen molar-refractivity contribution in [2.24, 2.45) is 0 Å². The Hall–Kier alpha value is -1.55. The van der Waals surface area contributed by atoms with Crippen molar-refractivity contribution in [1.29, 1.82) is 0 Å². The third-order valence-corrected chi connectivity index (χ3v) is 3.58. The third kappa shape index (κ3) is 1.97. The van der Waals surface area contributed by atoms with Crippen LogP contribution in [0.4, 0.5) is 0 Å². The first kappa shape index (κ1) is 11.5. The molecule has 5 heteroatoms. The van der Waals surface area contributed by atoms with Crippen molar-refractivity contribution in [2.45, 2.75) is 19.3 Å². The van der Waals surface area contributed by atoms with Crippen LogP contribution in [0.15, 0.2) is 22.6 Å². The highest BCUT2D eigenvalue weighted by atomic mass is 35.5. The van der Waals surface area contributed by atoms with E-state index in [0.717, 1.165) is 24.1 Å². The van der Waals surface area contributed by atoms with Crippen LogP contribution in [-0.2, 0) is 4.79 Å². The maximum absolute atomic E-state index is 11.3. The number of halogens is 1. The summed E-state index contributed by atoms with van der Waals surface area (Å²) in [6.45, 7) is 3.06. The van der Waals surface area contributed by atoms with E-state index in [1.807, 2.05) is 11.0 Å². The lowest BCUT2D eigenvalue weighted by Crippen LogP contribution is -2.25. The number of aromatic nitrogens is 1. The van der Waals surface area contributed by atoms with Crippen LogP contribution in [0.2, 0.25) is 5.02 Å². The molecule has 1 aromatic heterocycles. The van der Waals surface area contributed by atoms with Gasteiger partial charge in [-0.25, -0.2) is 4.98 Å². The van der Waals surface area contributed by atoms with E-state index in [1.165, 1.54) is 0 Å². The standard InChI is InChI=1S/C13H13ClN2O2/c1-8(17)16-5-4-9(7-16)13-15-11-6-10(14)2-3-12(11)18-13/h2-3,6,9H,4-5,7H2,1H3. The summed E-state index contributed by atoms with van der Waals surface area (Å²) in [6, 6.07) is 5.41. The fourth-order valence-electron chi connectivity index (χ4n) is 2.34. The summed E-state index contributed by atoms with van der Waals surface area (Å²) < 4.78 is 5.73. The first-order chi connectivity index (χ1) is 8.63. The number of carbonyl (C=O) groups excluding carboxylic acids is 1. The van der Waals surface area contributed by atoms with E-state index < -0.39 is 0 Å². The van der Waals surface area contributed by atoms with Gasteiger partial charge in [0.2, 0.25) is 5.91 Å². The van der Waals surface area contributed by atoms with Gasteiger partial charge in [-0.15, -0.1) is 0 Å². The number of oxazole rings is 1. The van der Waals surface area contributed by atoms with E-state index in [1.54, 1.807) is 19.1 Å². The number of rotatable bonds is 1. The Morgan fingerprint density at radius 1 is 1.56 bits per heavy atom. The molecule has 4 nitrogen and oxygen atoms in total. The molecule has 1 atom stereocenters. The van der Waals surface area contributed by atoms with Crippen molar-refractivity contribution in [1.82, 2.24) is 9.88 Å². The van der Waals surface area contributed by atoms with Crippen LogP contribution in [-0.4, -0.2) is 28.9 Å². The van der Waals surface area contributed by atoms with Crippen LogP contribution in [0.1, 0.15) is 25.2 Å². The minimum Gasteiger partial charge on any atom is -0.440 e. The molecule has 2 aromatic rings. The van der Waals surface area contributed by atoms with E-state index in [2.05, 4.69) is 4.98 Å². The van der Waals surface area contributed by atoms with Gasteiger partial charge in [-0.3, -0.25) is 4.79 Å². The highest BCUT2D eigenvalue weighted by Crippen LogP contribution is 2.30. The van der Waals surface area contributed by atoms with Crippen LogP contribution in [0.3, 0.4) is 0 Å². The van der Waals surface area contributed by atoms with Gasteiger partial charge in [-0.05, 0) is 24.6 Å². The van der Waals surface area contributed by atoms with Gasteiger partial charge in [-0.2, -0.15) is 0 Å². The molecule has 18 heavy (non-hydrogen) atoms. The fourth-order valence-corrected chi connectivity index (χ4v) is 2.51. The Kier molecular flexibility index (Phi) is 2.74. The third-order valence-electron chi connectivity index (χ3n) is 3.35. The summed E-state index contributed by atoms with van der Waals surface area (Å²) in [5, 5.41) is 0.652. The van der Waals surface area contributed by atoms with Crippen LogP contribution in [0, 0.1) is 0 Å². The summed E-state index contributed by atoms with van der Waals surface area (Å²) in [4.78, 5) is 17.6. The normalized spacial score (nSPS) is 19.7. The maximum atomic E-state index is 11.3. The molecule has 1 aliphatic rings. The van der Waals surface area contributed by atoms with Crippen molar-refractivity contribution >= 4 is 28.6 Å². The number of likely N-dealkylation sites (tertiary alicyclic amines) is 1. The molecule has 2 heterocycles. The number of hydrogen-bond donors (Lipinski definition) is 0. The number of amides is 1. The van der Waals surface area contributed by atoms with Crippen molar-refractivity contribution < 1.29 is 9.21 Å². The molecule has 3 rings (SSSR count). The first-order valence-corrected chi connectivity index (χ1v) is 6.33. The van der Waals surface area contributed by atoms with Crippen molar-refractivity contribution in [3.05, 3.63) is 29.1 Å². The van der Waals surface area contributed by atoms with E-state index >= 15 is 0 Å². The van der Waals surface area contributed by atoms with Gasteiger partial charge in [0, 0.05) is 25.0 Å². The zero-order chi connectivity index (χ0) is 12.7. The Bertz CT molecular complexity index is 608. The zero-order valence-electron chi connectivity index (χ0n) is 10.0. The highest BCUT2D eigenvalue weighted by molar-refractivity contribution is 6.31. The van der Waals surface area contributed by atoms with Gasteiger partial charge in [-0.1, -0.05) is 11.6 Å². The largest absolute Gasteiger partial charge is 0.440 e. The maximum Gasteiger partial charge on any atom is 0.219 e. The molecular formula is C13H13ClN2O2. The molecule has 1 aliphatic heterocycles. The molecule has 1 amide bonds. The monoisotopic (exact) mass is 264 g/mol. The number of hydrogen-bond acceptors (Lipinski definition) is 3. The molecule has 0 spiro atoms. The number of nitrogens with zero attached hydrogens (tertiary/aromatic N) is 2. The molecule has 1 aromatic carbocycles. The van der Waals surface area contributed by atoms with Crippen LogP contribution < -0.4 is 0 Å². The predicted octanol–water partition coefficient (Wildman–Crippen LogP) is 2.82. The van der Waals surface area contributed by atoms with Gasteiger partial charge < -0.3 is 9.32 Å². The molecule has 94 valence electrons.